The normalized spacial score (nSPS) is 13.7. The number of aromatic amines is 5. The van der Waals surface area contributed by atoms with Gasteiger partial charge >= 0.3 is 24.2 Å². The van der Waals surface area contributed by atoms with E-state index >= 15 is 0 Å². The third-order valence-electron chi connectivity index (χ3n) is 18.3. The Hall–Kier alpha value is -12.8. The van der Waals surface area contributed by atoms with Gasteiger partial charge in [0.2, 0.25) is 0 Å². The van der Waals surface area contributed by atoms with Crippen molar-refractivity contribution in [1.82, 2.24) is 65.8 Å². The maximum absolute atomic E-state index is 14.0. The van der Waals surface area contributed by atoms with Gasteiger partial charge in [-0.2, -0.15) is 0 Å². The Morgan fingerprint density at radius 1 is 0.532 bits per heavy atom. The summed E-state index contributed by atoms with van der Waals surface area (Å²) in [7, 11) is 9.88. The molecule has 5 aliphatic rings. The number of nitrogens with zero attached hydrogens (tertiary/aromatic N) is 13. The van der Waals surface area contributed by atoms with Gasteiger partial charge in [0.05, 0.1) is 155 Å². The summed E-state index contributed by atoms with van der Waals surface area (Å²) >= 11 is 1.85. The number of amides is 7. The zero-order chi connectivity index (χ0) is 78.3. The fourth-order valence-electron chi connectivity index (χ4n) is 12.5. The van der Waals surface area contributed by atoms with E-state index in [9.17, 15) is 23.6 Å². The molecule has 7 amide bonds. The number of carbonyl (C=O) groups is 4. The van der Waals surface area contributed by atoms with Crippen LogP contribution in [-0.4, -0.2) is 193 Å². The SMILES string of the molecule is CC(C)NC(=O)N(C)c1ccc2c(c1)N(Cc1cnc[nH]1)CCO2.CNC(=O)N(C)c1ccc2c(c1)N(Cc1cnc[nH]1)CCCO2.CNC(=O)N(C)c1ccc2c(c1)N(Cc1cnc[nH]1)CCS2.COC(=O)Nc1ccc2c(c1)N(Cc1cnc[nH]1)CCCO2.N=C(N)c1cc(F)c2c(c1)N(Cc1cnc[nH]1)CCO2. The Morgan fingerprint density at radius 3 is 1.38 bits per heavy atom. The van der Waals surface area contributed by atoms with Crippen LogP contribution >= 0.6 is 11.8 Å². The van der Waals surface area contributed by atoms with Crippen LogP contribution in [0.15, 0.2) is 152 Å². The van der Waals surface area contributed by atoms with Crippen LogP contribution in [-0.2, 0) is 37.5 Å². The van der Waals surface area contributed by atoms with Crippen LogP contribution in [0.4, 0.5) is 74.8 Å². The standard InChI is InChI=1S/C17H23N5O2.C16H21N5O2.C15H19N5OS.C15H18N4O3.C13H14FN5O/c1-12(2)20-17(23)21(3)14-4-5-16-15(8-14)22(6-7-24-16)10-13-9-18-11-19-13;1-17-16(22)20(2)13-4-5-15-14(8-13)21(6-3-7-23-15)10-12-9-18-11-19-12;1-16-15(21)19(2)12-3-4-14-13(7-12)20(5-6-22-14)9-11-8-17-10-18-11;1-21-15(20)18-11-3-4-14-13(7-11)19(5-2-6-22-14)9-12-8-16-10-17-12;14-10-3-8(13(15)16)4-11-12(10)20-2-1-19(11)6-9-5-17-7-18-9/h4-5,8-9,11-12H,6-7,10H2,1-3H3,(H,18,19)(H,20,23);4-5,8-9,11H,3,6-7,10H2,1-2H3,(H,17,22)(H,18,19);3-4,7-8,10H,5-6,9H2,1-2H3,(H,16,21)(H,17,18);3-4,7-8,10H,2,5-6,9H2,1H3,(H,16,17)(H,18,20);3-5,7H,1-2,6H2,(H3,15,16)(H,17,18). The molecule has 15 rings (SSSR count). The maximum Gasteiger partial charge on any atom is 0.411 e. The molecule has 111 heavy (non-hydrogen) atoms. The van der Waals surface area contributed by atoms with Crippen LogP contribution in [0.3, 0.4) is 0 Å². The molecule has 0 saturated carbocycles. The molecule has 0 radical (unpaired) electrons. The average Bonchev–Trinajstić information content (AvgIpc) is 1.76. The van der Waals surface area contributed by atoms with Crippen LogP contribution in [0, 0.1) is 11.2 Å². The van der Waals surface area contributed by atoms with E-state index in [4.69, 9.17) is 30.1 Å². The van der Waals surface area contributed by atoms with Crippen LogP contribution in [0.1, 0.15) is 60.7 Å². The average molecular weight is 1540 g/mol. The first-order valence-electron chi connectivity index (χ1n) is 36.1. The third-order valence-corrected chi connectivity index (χ3v) is 19.3. The van der Waals surface area contributed by atoms with E-state index in [0.29, 0.717) is 63.0 Å². The van der Waals surface area contributed by atoms with E-state index in [1.165, 1.54) is 23.8 Å². The van der Waals surface area contributed by atoms with Crippen LogP contribution in [0.5, 0.6) is 23.0 Å². The van der Waals surface area contributed by atoms with Crippen molar-refractivity contribution >= 4 is 93.0 Å². The van der Waals surface area contributed by atoms with Gasteiger partial charge in [-0.15, -0.1) is 11.8 Å². The topological polar surface area (TPSA) is 382 Å². The lowest BCUT2D eigenvalue weighted by molar-refractivity contribution is 0.187. The molecule has 10 heterocycles. The highest BCUT2D eigenvalue weighted by molar-refractivity contribution is 7.99. The molecule has 33 nitrogen and oxygen atoms in total. The highest BCUT2D eigenvalue weighted by atomic mass is 32.2. The number of carbonyl (C=O) groups excluding carboxylic acids is 4. The fraction of sp³-hybridized carbons (Fsp3) is 0.342. The van der Waals surface area contributed by atoms with Crippen molar-refractivity contribution in [1.29, 1.82) is 5.41 Å². The number of fused-ring (bicyclic) bond motifs is 5. The molecule has 0 bridgehead atoms. The number of nitrogen functional groups attached to an aromatic ring is 1. The quantitative estimate of drug-likeness (QED) is 0.0316. The number of thioether (sulfide) groups is 1. The number of hydrogen-bond acceptors (Lipinski definition) is 21. The summed E-state index contributed by atoms with van der Waals surface area (Å²) in [5.41, 5.74) is 18.8. The Labute approximate surface area is 646 Å². The Bertz CT molecular complexity index is 4670. The Morgan fingerprint density at radius 2 is 0.937 bits per heavy atom. The lowest BCUT2D eigenvalue weighted by Gasteiger charge is -2.32. The molecule has 0 fully saturated rings. The molecule has 0 atom stereocenters. The van der Waals surface area contributed by atoms with Crippen LogP contribution in [0.2, 0.25) is 0 Å². The van der Waals surface area contributed by atoms with E-state index < -0.39 is 11.9 Å². The second-order valence-electron chi connectivity index (χ2n) is 26.3. The molecular weight excluding hydrogens is 1440 g/mol. The summed E-state index contributed by atoms with van der Waals surface area (Å²) in [6, 6.07) is 25.9. The third kappa shape index (κ3) is 21.1. The lowest BCUT2D eigenvalue weighted by atomic mass is 10.1. The summed E-state index contributed by atoms with van der Waals surface area (Å²) in [5, 5.41) is 18.3. The van der Waals surface area contributed by atoms with Crippen molar-refractivity contribution in [2.75, 3.05) is 152 Å². The van der Waals surface area contributed by atoms with E-state index in [0.717, 1.165) is 144 Å². The summed E-state index contributed by atoms with van der Waals surface area (Å²) < 4.78 is 41.4. The molecule has 10 aromatic rings. The van der Waals surface area contributed by atoms with Crippen molar-refractivity contribution in [3.05, 3.63) is 187 Å². The van der Waals surface area contributed by atoms with Crippen molar-refractivity contribution < 1.29 is 47.3 Å². The smallest absolute Gasteiger partial charge is 0.411 e. The molecule has 0 unspecified atom stereocenters. The van der Waals surface area contributed by atoms with Gasteiger partial charge in [0.15, 0.2) is 11.6 Å². The first-order chi connectivity index (χ1) is 53.8. The fourth-order valence-corrected chi connectivity index (χ4v) is 13.5. The number of benzene rings is 5. The van der Waals surface area contributed by atoms with Crippen LogP contribution in [0.25, 0.3) is 0 Å². The number of rotatable bonds is 16. The predicted molar refractivity (Wildman–Crippen MR) is 427 cm³/mol. The minimum absolute atomic E-state index is 0.0952. The van der Waals surface area contributed by atoms with Crippen molar-refractivity contribution in [3.8, 4) is 23.0 Å². The van der Waals surface area contributed by atoms with Gasteiger partial charge in [-0.1, -0.05) is 0 Å². The minimum atomic E-state index is -0.498. The number of aromatic nitrogens is 10. The number of ether oxygens (including phenoxy) is 5. The molecule has 12 N–H and O–H groups in total. The number of nitrogens with one attached hydrogen (secondary N) is 10. The molecule has 0 spiro atoms. The summed E-state index contributed by atoms with van der Waals surface area (Å²) in [6.45, 7) is 14.0. The minimum Gasteiger partial charge on any atom is -0.491 e. The highest BCUT2D eigenvalue weighted by Gasteiger charge is 2.28. The molecule has 35 heteroatoms. The van der Waals surface area contributed by atoms with Gasteiger partial charge in [-0.25, -0.2) is 48.5 Å². The number of nitrogens with two attached hydrogens (primary N) is 1. The van der Waals surface area contributed by atoms with Crippen LogP contribution < -0.4 is 85.1 Å². The van der Waals surface area contributed by atoms with E-state index in [2.05, 4.69) is 108 Å². The zero-order valence-electron chi connectivity index (χ0n) is 63.3. The second kappa shape index (κ2) is 38.3. The van der Waals surface area contributed by atoms with Gasteiger partial charge < -0.3 is 94.8 Å². The van der Waals surface area contributed by atoms with Gasteiger partial charge in [-0.3, -0.25) is 25.4 Å². The van der Waals surface area contributed by atoms with Gasteiger partial charge in [0, 0.05) is 131 Å². The second-order valence-corrected chi connectivity index (χ2v) is 27.4. The van der Waals surface area contributed by atoms with Crippen molar-refractivity contribution in [2.45, 2.75) is 70.4 Å². The first kappa shape index (κ1) is 79.2. The van der Waals surface area contributed by atoms with Gasteiger partial charge in [-0.05, 0) is 112 Å². The van der Waals surface area contributed by atoms with Gasteiger partial charge in [0.25, 0.3) is 0 Å². The summed E-state index contributed by atoms with van der Waals surface area (Å²) in [4.78, 5) is 100. The highest BCUT2D eigenvalue weighted by Crippen LogP contribution is 2.41. The number of imidazole rings is 5. The maximum atomic E-state index is 14.0. The molecule has 586 valence electrons. The summed E-state index contributed by atoms with van der Waals surface area (Å²) in [5.74, 6) is 3.10. The number of H-pyrrole nitrogens is 5. The largest absolute Gasteiger partial charge is 0.491 e. The Kier molecular flexibility index (Phi) is 27.3. The number of halogens is 1. The molecule has 5 aliphatic heterocycles. The number of methoxy groups -OCH3 is 1. The lowest BCUT2D eigenvalue weighted by Crippen LogP contribution is -2.41. The number of amidine groups is 1. The van der Waals surface area contributed by atoms with Crippen molar-refractivity contribution in [2.24, 2.45) is 5.73 Å². The van der Waals surface area contributed by atoms with Gasteiger partial charge in [0.1, 0.15) is 36.3 Å². The molecule has 5 aromatic heterocycles. The predicted octanol–water partition coefficient (Wildman–Crippen LogP) is 10.2. The number of urea groups is 3. The summed E-state index contributed by atoms with van der Waals surface area (Å²) in [6.07, 6.45) is 18.7. The molecule has 5 aromatic carbocycles. The monoisotopic (exact) mass is 1540 g/mol. The molecule has 0 aliphatic carbocycles. The molecule has 0 saturated heterocycles. The van der Waals surface area contributed by atoms with E-state index in [1.807, 2.05) is 110 Å². The van der Waals surface area contributed by atoms with E-state index in [1.54, 1.807) is 99.9 Å². The van der Waals surface area contributed by atoms with Crippen molar-refractivity contribution in [3.63, 3.8) is 0 Å². The molecular formula is C76H95FN24O9S. The zero-order valence-corrected chi connectivity index (χ0v) is 64.1. The Balaban J connectivity index is 0.000000138. The van der Waals surface area contributed by atoms with E-state index in [-0.39, 0.29) is 35.7 Å². The number of hydrogen-bond donors (Lipinski definition) is 11. The number of anilines is 9. The first-order valence-corrected chi connectivity index (χ1v) is 37.1.